The van der Waals surface area contributed by atoms with Crippen molar-refractivity contribution >= 4 is 66.3 Å². The second-order valence-corrected chi connectivity index (χ2v) is 14.1. The first-order chi connectivity index (χ1) is 26.1. The average molecular weight is 877 g/mol. The van der Waals surface area contributed by atoms with E-state index in [9.17, 15) is 0 Å². The largest absolute Gasteiger partial charge is 2.00 e. The Bertz CT molecular complexity index is 3090. The van der Waals surface area contributed by atoms with Crippen LogP contribution in [0.5, 0.6) is 11.5 Å². The molecule has 1 aliphatic rings. The van der Waals surface area contributed by atoms with E-state index in [-0.39, 0.29) is 26.5 Å². The number of nitrogens with zero attached hydrogens (tertiary/aromatic N) is 5. The number of aromatic nitrogens is 4. The van der Waals surface area contributed by atoms with Gasteiger partial charge in [-0.1, -0.05) is 97.0 Å². The summed E-state index contributed by atoms with van der Waals surface area (Å²) in [6, 6.07) is 53.8. The minimum Gasteiger partial charge on any atom is -0.503 e. The minimum absolute atomic E-state index is 0. The smallest absolute Gasteiger partial charge is 0.503 e. The summed E-state index contributed by atoms with van der Waals surface area (Å²) in [5, 5.41) is 5.36. The summed E-state index contributed by atoms with van der Waals surface area (Å²) in [5.74, 6) is 1.18. The molecule has 0 fully saturated rings. The molecule has 0 radical (unpaired) electrons. The third kappa shape index (κ3) is 4.63. The fraction of sp³-hybridized carbons (Fsp3) is 0.0638. The molecule has 5 heterocycles. The van der Waals surface area contributed by atoms with Crippen molar-refractivity contribution in [3.8, 4) is 17.2 Å². The first-order valence-electron chi connectivity index (χ1n) is 17.8. The summed E-state index contributed by atoms with van der Waals surface area (Å²) < 4.78 is 10.9. The zero-order chi connectivity index (χ0) is 35.3. The first-order valence-corrected chi connectivity index (χ1v) is 17.8. The molecule has 54 heavy (non-hydrogen) atoms. The van der Waals surface area contributed by atoms with E-state index in [4.69, 9.17) is 14.7 Å². The molecule has 0 saturated carbocycles. The van der Waals surface area contributed by atoms with Crippen LogP contribution in [0.15, 0.2) is 152 Å². The number of pyridine rings is 2. The molecule has 10 aromatic rings. The van der Waals surface area contributed by atoms with Crippen molar-refractivity contribution < 1.29 is 25.8 Å². The number of imidazole rings is 1. The van der Waals surface area contributed by atoms with Crippen molar-refractivity contribution in [3.05, 3.63) is 175 Å². The minimum atomic E-state index is -0.334. The molecule has 0 spiro atoms. The van der Waals surface area contributed by atoms with Crippen LogP contribution in [0.3, 0.4) is 0 Å². The average Bonchev–Trinajstić information content (AvgIpc) is 3.83. The number of rotatable bonds is 4. The molecular weight excluding hydrogens is 846 g/mol. The summed E-state index contributed by atoms with van der Waals surface area (Å²) >= 11 is 0. The van der Waals surface area contributed by atoms with Crippen LogP contribution in [0.25, 0.3) is 54.9 Å². The van der Waals surface area contributed by atoms with Gasteiger partial charge in [0.2, 0.25) is 0 Å². The van der Waals surface area contributed by atoms with Crippen LogP contribution in [0, 0.1) is 12.1 Å². The topological polar surface area (TPSA) is 47.6 Å². The number of hydrogen-bond donors (Lipinski definition) is 0. The van der Waals surface area contributed by atoms with Crippen LogP contribution >= 0.6 is 0 Å². The number of ether oxygens (including phenoxy) is 1. The van der Waals surface area contributed by atoms with Crippen LogP contribution in [-0.2, 0) is 26.5 Å². The van der Waals surface area contributed by atoms with Crippen LogP contribution in [0.1, 0.15) is 25.0 Å². The quantitative estimate of drug-likeness (QED) is 0.131. The predicted octanol–water partition coefficient (Wildman–Crippen LogP) is 11.6. The Morgan fingerprint density at radius 1 is 0.593 bits per heavy atom. The van der Waals surface area contributed by atoms with E-state index in [0.29, 0.717) is 11.5 Å². The van der Waals surface area contributed by atoms with Gasteiger partial charge in [-0.25, -0.2) is 4.98 Å². The van der Waals surface area contributed by atoms with Crippen LogP contribution in [0.2, 0.25) is 0 Å². The van der Waals surface area contributed by atoms with E-state index < -0.39 is 0 Å². The SMILES string of the molecule is CC1(C)c2ccccc2N(c2ccccc2)c2ccc3c4cccnc4n(-c4[c-]c(Oc5[c-]c6c(cc5)c5ccccc5n5ccnc65)ccc4)c3c21.[Pt+2]. The molecule has 7 heteroatoms. The zero-order valence-corrected chi connectivity index (χ0v) is 31.7. The van der Waals surface area contributed by atoms with E-state index in [1.54, 1.807) is 0 Å². The van der Waals surface area contributed by atoms with E-state index in [0.717, 1.165) is 66.3 Å². The Morgan fingerprint density at radius 2 is 1.35 bits per heavy atom. The van der Waals surface area contributed by atoms with Crippen molar-refractivity contribution in [3.63, 3.8) is 0 Å². The Hall–Kier alpha value is -6.23. The molecule has 0 amide bonds. The van der Waals surface area contributed by atoms with E-state index in [2.05, 4.69) is 149 Å². The molecule has 0 bridgehead atoms. The van der Waals surface area contributed by atoms with E-state index in [1.807, 2.05) is 42.9 Å². The molecule has 1 aliphatic heterocycles. The second-order valence-electron chi connectivity index (χ2n) is 14.1. The normalized spacial score (nSPS) is 13.3. The number of anilines is 3. The van der Waals surface area contributed by atoms with Crippen LogP contribution in [-0.4, -0.2) is 18.9 Å². The second kappa shape index (κ2) is 12.2. The molecule has 6 nitrogen and oxygen atoms in total. The molecule has 0 N–H and O–H groups in total. The summed E-state index contributed by atoms with van der Waals surface area (Å²) in [6.07, 6.45) is 5.69. The van der Waals surface area contributed by atoms with E-state index >= 15 is 0 Å². The van der Waals surface area contributed by atoms with Gasteiger partial charge in [-0.2, -0.15) is 6.07 Å². The molecule has 260 valence electrons. The van der Waals surface area contributed by atoms with Gasteiger partial charge >= 0.3 is 21.1 Å². The van der Waals surface area contributed by atoms with Crippen LogP contribution in [0.4, 0.5) is 17.1 Å². The molecular formula is C47H31N5OPt. The Kier molecular flexibility index (Phi) is 7.30. The van der Waals surface area contributed by atoms with Gasteiger partial charge in [0, 0.05) is 63.0 Å². The first kappa shape index (κ1) is 32.4. The fourth-order valence-corrected chi connectivity index (χ4v) is 8.55. The fourth-order valence-electron chi connectivity index (χ4n) is 8.55. The Labute approximate surface area is 326 Å². The summed E-state index contributed by atoms with van der Waals surface area (Å²) in [4.78, 5) is 12.1. The number of para-hydroxylation sites is 3. The zero-order valence-electron chi connectivity index (χ0n) is 29.4. The van der Waals surface area contributed by atoms with Gasteiger partial charge in [0.1, 0.15) is 5.65 Å². The third-order valence-electron chi connectivity index (χ3n) is 10.8. The summed E-state index contributed by atoms with van der Waals surface area (Å²) in [7, 11) is 0. The molecule has 4 aromatic heterocycles. The molecule has 11 rings (SSSR count). The third-order valence-corrected chi connectivity index (χ3v) is 10.8. The van der Waals surface area contributed by atoms with Gasteiger partial charge in [0.25, 0.3) is 0 Å². The van der Waals surface area contributed by atoms with Crippen molar-refractivity contribution in [2.75, 3.05) is 4.90 Å². The molecule has 0 atom stereocenters. The Balaban J connectivity index is 0.00000361. The van der Waals surface area contributed by atoms with Gasteiger partial charge < -0.3 is 18.6 Å². The van der Waals surface area contributed by atoms with Crippen LogP contribution < -0.4 is 9.64 Å². The predicted molar refractivity (Wildman–Crippen MR) is 213 cm³/mol. The molecule has 6 aromatic carbocycles. The van der Waals surface area contributed by atoms with Gasteiger partial charge in [0.05, 0.1) is 22.5 Å². The maximum atomic E-state index is 6.57. The monoisotopic (exact) mass is 876 g/mol. The maximum absolute atomic E-state index is 6.57. The van der Waals surface area contributed by atoms with Gasteiger partial charge in [-0.3, -0.25) is 4.98 Å². The van der Waals surface area contributed by atoms with Crippen molar-refractivity contribution in [2.45, 2.75) is 19.3 Å². The van der Waals surface area contributed by atoms with E-state index in [1.165, 1.54) is 16.8 Å². The summed E-state index contributed by atoms with van der Waals surface area (Å²) in [6.45, 7) is 4.67. The number of benzene rings is 6. The van der Waals surface area contributed by atoms with Gasteiger partial charge in [-0.15, -0.1) is 30.3 Å². The van der Waals surface area contributed by atoms with Crippen molar-refractivity contribution in [1.29, 1.82) is 0 Å². The number of hydrogen-bond acceptors (Lipinski definition) is 4. The molecule has 0 aliphatic carbocycles. The number of fused-ring (bicyclic) bond motifs is 12. The molecule has 0 saturated heterocycles. The maximum Gasteiger partial charge on any atom is 2.00 e. The standard InChI is InChI=1S/C47H31N5O.Pt/c1-47(2)39-18-7-9-20-41(39)51(30-12-4-3-5-13-30)42-24-23-36-37-17-11-25-48-46(37)52(44(36)43(42)47)31-14-10-15-32(28-31)53-33-21-22-34-35-16-6-8-19-40(35)50-27-26-49-45(50)38(34)29-33;/h3-27H,1-2H3;/q-2;+2. The van der Waals surface area contributed by atoms with Crippen molar-refractivity contribution in [2.24, 2.45) is 0 Å². The van der Waals surface area contributed by atoms with Gasteiger partial charge in [-0.05, 0) is 53.4 Å². The Morgan fingerprint density at radius 3 is 2.26 bits per heavy atom. The summed E-state index contributed by atoms with van der Waals surface area (Å²) in [5.41, 5.74) is 10.4. The van der Waals surface area contributed by atoms with Gasteiger partial charge in [0.15, 0.2) is 0 Å². The molecule has 0 unspecified atom stereocenters. The van der Waals surface area contributed by atoms with Crippen molar-refractivity contribution in [1.82, 2.24) is 18.9 Å².